The van der Waals surface area contributed by atoms with Crippen molar-refractivity contribution < 1.29 is 13.6 Å². The average molecular weight is 516 g/mol. The van der Waals surface area contributed by atoms with Gasteiger partial charge in [-0.1, -0.05) is 26.8 Å². The van der Waals surface area contributed by atoms with Crippen molar-refractivity contribution in [2.75, 3.05) is 37.6 Å². The van der Waals surface area contributed by atoms with E-state index in [2.05, 4.69) is 27.1 Å². The minimum Gasteiger partial charge on any atom is -0.353 e. The van der Waals surface area contributed by atoms with E-state index >= 15 is 0 Å². The van der Waals surface area contributed by atoms with E-state index in [1.54, 1.807) is 6.33 Å². The SMILES string of the molecule is CC(C)NCC(C(=O)N1CCN(c2ncnc3c2[C@H](C)CC3)CC1)c1ccc(F)c(F)c1.Cl.Cl. The fraction of sp³-hybridized carbons (Fsp3) is 0.542. The van der Waals surface area contributed by atoms with Crippen molar-refractivity contribution >= 4 is 36.5 Å². The molecule has 2 aromatic rings. The molecule has 1 saturated heterocycles. The van der Waals surface area contributed by atoms with Gasteiger partial charge < -0.3 is 15.1 Å². The van der Waals surface area contributed by atoms with Crippen molar-refractivity contribution in [2.24, 2.45) is 0 Å². The molecule has 10 heteroatoms. The first-order valence-corrected chi connectivity index (χ1v) is 11.4. The highest BCUT2D eigenvalue weighted by Gasteiger charge is 2.32. The van der Waals surface area contributed by atoms with Gasteiger partial charge >= 0.3 is 0 Å². The van der Waals surface area contributed by atoms with E-state index in [0.717, 1.165) is 36.5 Å². The number of hydrogen-bond acceptors (Lipinski definition) is 5. The Hall–Kier alpha value is -2.03. The molecule has 4 rings (SSSR count). The predicted molar refractivity (Wildman–Crippen MR) is 134 cm³/mol. The van der Waals surface area contributed by atoms with Crippen LogP contribution in [0.4, 0.5) is 14.6 Å². The van der Waals surface area contributed by atoms with E-state index in [9.17, 15) is 13.6 Å². The molecule has 2 aliphatic rings. The first kappa shape index (κ1) is 28.2. The fourth-order valence-corrected chi connectivity index (χ4v) is 4.66. The van der Waals surface area contributed by atoms with Crippen molar-refractivity contribution in [3.63, 3.8) is 0 Å². The molecule has 1 fully saturated rings. The number of anilines is 1. The molecule has 1 aromatic heterocycles. The van der Waals surface area contributed by atoms with Gasteiger partial charge in [0, 0.05) is 50.0 Å². The van der Waals surface area contributed by atoms with Crippen LogP contribution in [-0.4, -0.2) is 59.5 Å². The van der Waals surface area contributed by atoms with Crippen molar-refractivity contribution in [3.05, 3.63) is 53.0 Å². The van der Waals surface area contributed by atoms with Crippen LogP contribution in [-0.2, 0) is 11.2 Å². The highest BCUT2D eigenvalue weighted by atomic mass is 35.5. The third kappa shape index (κ3) is 5.96. The van der Waals surface area contributed by atoms with Gasteiger partial charge in [0.1, 0.15) is 12.1 Å². The van der Waals surface area contributed by atoms with Crippen LogP contribution >= 0.6 is 24.8 Å². The van der Waals surface area contributed by atoms with E-state index < -0.39 is 17.6 Å². The van der Waals surface area contributed by atoms with E-state index in [-0.39, 0.29) is 36.8 Å². The van der Waals surface area contributed by atoms with Crippen molar-refractivity contribution in [1.82, 2.24) is 20.2 Å². The van der Waals surface area contributed by atoms with Gasteiger partial charge in [0.25, 0.3) is 0 Å². The van der Waals surface area contributed by atoms with E-state index in [4.69, 9.17) is 0 Å². The second-order valence-corrected chi connectivity index (χ2v) is 9.10. The molecular weight excluding hydrogens is 483 g/mol. The highest BCUT2D eigenvalue weighted by Crippen LogP contribution is 2.37. The molecule has 1 aromatic carbocycles. The summed E-state index contributed by atoms with van der Waals surface area (Å²) in [5.41, 5.74) is 2.87. The number of fused-ring (bicyclic) bond motifs is 1. The van der Waals surface area contributed by atoms with Crippen LogP contribution in [0.5, 0.6) is 0 Å². The maximum Gasteiger partial charge on any atom is 0.231 e. The number of carbonyl (C=O) groups excluding carboxylic acids is 1. The second-order valence-electron chi connectivity index (χ2n) is 9.10. The molecule has 1 unspecified atom stereocenters. The Bertz CT molecular complexity index is 986. The molecule has 1 aliphatic heterocycles. The Labute approximate surface area is 212 Å². The lowest BCUT2D eigenvalue weighted by Gasteiger charge is -2.38. The lowest BCUT2D eigenvalue weighted by Crippen LogP contribution is -2.51. The molecule has 188 valence electrons. The minimum absolute atomic E-state index is 0. The Morgan fingerprint density at radius 2 is 1.82 bits per heavy atom. The standard InChI is InChI=1S/C24H31F2N5O.2ClH/c1-15(2)27-13-18(17-5-6-19(25)20(26)12-17)24(32)31-10-8-30(9-11-31)23-22-16(3)4-7-21(22)28-14-29-23;;/h5-6,12,14-16,18,27H,4,7-11,13H2,1-3H3;2*1H/t16-,18?;;/m1../s1. The first-order chi connectivity index (χ1) is 15.3. The quantitative estimate of drug-likeness (QED) is 0.627. The molecule has 2 atom stereocenters. The van der Waals surface area contributed by atoms with Gasteiger partial charge in [-0.15, -0.1) is 24.8 Å². The van der Waals surface area contributed by atoms with Gasteiger partial charge in [-0.2, -0.15) is 0 Å². The van der Waals surface area contributed by atoms with Gasteiger partial charge in [0.2, 0.25) is 5.91 Å². The van der Waals surface area contributed by atoms with Crippen molar-refractivity contribution in [2.45, 2.75) is 51.5 Å². The molecule has 1 aliphatic carbocycles. The summed E-state index contributed by atoms with van der Waals surface area (Å²) in [6.45, 7) is 9.07. The van der Waals surface area contributed by atoms with Crippen LogP contribution in [0.15, 0.2) is 24.5 Å². The number of halogens is 4. The number of aromatic nitrogens is 2. The zero-order valence-electron chi connectivity index (χ0n) is 19.8. The summed E-state index contributed by atoms with van der Waals surface area (Å²) >= 11 is 0. The summed E-state index contributed by atoms with van der Waals surface area (Å²) in [5.74, 6) is -1.03. The van der Waals surface area contributed by atoms with Gasteiger partial charge in [0.15, 0.2) is 11.6 Å². The first-order valence-electron chi connectivity index (χ1n) is 11.4. The molecule has 0 radical (unpaired) electrons. The van der Waals surface area contributed by atoms with Crippen LogP contribution in [0.3, 0.4) is 0 Å². The van der Waals surface area contributed by atoms with Crippen LogP contribution in [0.2, 0.25) is 0 Å². The number of aryl methyl sites for hydroxylation is 1. The maximum absolute atomic E-state index is 13.9. The zero-order valence-corrected chi connectivity index (χ0v) is 21.4. The van der Waals surface area contributed by atoms with Gasteiger partial charge in [-0.3, -0.25) is 4.79 Å². The third-order valence-corrected chi connectivity index (χ3v) is 6.52. The number of carbonyl (C=O) groups is 1. The van der Waals surface area contributed by atoms with Crippen LogP contribution in [0.1, 0.15) is 55.8 Å². The van der Waals surface area contributed by atoms with Crippen LogP contribution in [0, 0.1) is 11.6 Å². The molecule has 0 saturated carbocycles. The minimum atomic E-state index is -0.929. The molecule has 0 spiro atoms. The number of rotatable bonds is 6. The number of amides is 1. The smallest absolute Gasteiger partial charge is 0.231 e. The number of nitrogens with one attached hydrogen (secondary N) is 1. The lowest BCUT2D eigenvalue weighted by atomic mass is 9.96. The van der Waals surface area contributed by atoms with Crippen LogP contribution < -0.4 is 10.2 Å². The molecule has 6 nitrogen and oxygen atoms in total. The van der Waals surface area contributed by atoms with Crippen LogP contribution in [0.25, 0.3) is 0 Å². The molecular formula is C24H33Cl2F2N5O. The molecule has 34 heavy (non-hydrogen) atoms. The Morgan fingerprint density at radius 3 is 2.47 bits per heavy atom. The molecule has 1 N–H and O–H groups in total. The number of benzene rings is 1. The number of hydrogen-bond donors (Lipinski definition) is 1. The second kappa shape index (κ2) is 12.1. The average Bonchev–Trinajstić information content (AvgIpc) is 3.17. The van der Waals surface area contributed by atoms with E-state index in [1.165, 1.54) is 11.6 Å². The lowest BCUT2D eigenvalue weighted by molar-refractivity contribution is -0.133. The summed E-state index contributed by atoms with van der Waals surface area (Å²) in [6, 6.07) is 3.91. The van der Waals surface area contributed by atoms with E-state index in [1.807, 2.05) is 18.7 Å². The fourth-order valence-electron chi connectivity index (χ4n) is 4.66. The van der Waals surface area contributed by atoms with Crippen molar-refractivity contribution in [1.29, 1.82) is 0 Å². The van der Waals surface area contributed by atoms with E-state index in [0.29, 0.717) is 44.2 Å². The number of piperazine rings is 1. The summed E-state index contributed by atoms with van der Waals surface area (Å²) in [7, 11) is 0. The van der Waals surface area contributed by atoms with Gasteiger partial charge in [0.05, 0.1) is 5.92 Å². The van der Waals surface area contributed by atoms with Gasteiger partial charge in [-0.25, -0.2) is 18.7 Å². The van der Waals surface area contributed by atoms with Crippen molar-refractivity contribution in [3.8, 4) is 0 Å². The monoisotopic (exact) mass is 515 g/mol. The Kier molecular flexibility index (Phi) is 10.0. The maximum atomic E-state index is 13.9. The molecule has 1 amide bonds. The third-order valence-electron chi connectivity index (χ3n) is 6.52. The predicted octanol–water partition coefficient (Wildman–Crippen LogP) is 4.08. The zero-order chi connectivity index (χ0) is 22.8. The topological polar surface area (TPSA) is 61.4 Å². The summed E-state index contributed by atoms with van der Waals surface area (Å²) in [5, 5.41) is 3.27. The summed E-state index contributed by atoms with van der Waals surface area (Å²) in [6.07, 6.45) is 3.72. The molecule has 0 bridgehead atoms. The Morgan fingerprint density at radius 1 is 1.12 bits per heavy atom. The Balaban J connectivity index is 0.00000204. The van der Waals surface area contributed by atoms with Gasteiger partial charge in [-0.05, 0) is 36.5 Å². The molecule has 2 heterocycles. The summed E-state index contributed by atoms with van der Waals surface area (Å²) < 4.78 is 27.3. The highest BCUT2D eigenvalue weighted by molar-refractivity contribution is 5.86. The normalized spacial score (nSPS) is 18.2. The largest absolute Gasteiger partial charge is 0.353 e. The number of nitrogens with zero attached hydrogens (tertiary/aromatic N) is 4. The summed E-state index contributed by atoms with van der Waals surface area (Å²) in [4.78, 5) is 26.5.